The van der Waals surface area contributed by atoms with Gasteiger partial charge < -0.3 is 15.8 Å². The van der Waals surface area contributed by atoms with Crippen LogP contribution in [0, 0.1) is 0 Å². The van der Waals surface area contributed by atoms with Crippen LogP contribution in [0.3, 0.4) is 0 Å². The van der Waals surface area contributed by atoms with E-state index in [1.807, 2.05) is 20.8 Å². The van der Waals surface area contributed by atoms with Crippen molar-refractivity contribution in [1.29, 1.82) is 0 Å². The monoisotopic (exact) mass is 254 g/mol. The summed E-state index contributed by atoms with van der Waals surface area (Å²) in [6.07, 6.45) is 1.73. The third kappa shape index (κ3) is 3.46. The van der Waals surface area contributed by atoms with Gasteiger partial charge in [0.05, 0.1) is 23.5 Å². The van der Waals surface area contributed by atoms with E-state index in [1.54, 1.807) is 7.11 Å². The summed E-state index contributed by atoms with van der Waals surface area (Å²) in [6.45, 7) is 6.22. The zero-order valence-electron chi connectivity index (χ0n) is 11.5. The Kier molecular flexibility index (Phi) is 4.72. The molecule has 1 aromatic rings. The maximum Gasteiger partial charge on any atom is 0.274 e. The van der Waals surface area contributed by atoms with Crippen molar-refractivity contribution in [2.75, 3.05) is 19.5 Å². The number of anilines is 1. The fraction of sp³-hybridized carbons (Fsp3) is 0.667. The molecule has 0 atom stereocenters. The fourth-order valence-corrected chi connectivity index (χ4v) is 1.76. The topological polar surface area (TPSA) is 93.0 Å². The molecule has 1 aromatic heterocycles. The number of nitrogens with zero attached hydrogens (tertiary/aromatic N) is 1. The number of carbonyl (C=O) groups is 1. The van der Waals surface area contributed by atoms with Gasteiger partial charge in [-0.3, -0.25) is 9.89 Å². The van der Waals surface area contributed by atoms with Crippen molar-refractivity contribution in [3.8, 4) is 0 Å². The van der Waals surface area contributed by atoms with Crippen LogP contribution in [0.5, 0.6) is 0 Å². The second kappa shape index (κ2) is 5.86. The highest BCUT2D eigenvalue weighted by molar-refractivity contribution is 5.98. The molecule has 1 amide bonds. The molecule has 0 spiro atoms. The molecule has 1 rings (SSSR count). The normalized spacial score (nSPS) is 11.6. The molecule has 102 valence electrons. The molecule has 0 unspecified atom stereocenters. The molecule has 4 N–H and O–H groups in total. The second-order valence-corrected chi connectivity index (χ2v) is 4.99. The number of carbonyl (C=O) groups excluding carboxylic acids is 1. The van der Waals surface area contributed by atoms with Gasteiger partial charge in [0.2, 0.25) is 0 Å². The number of ether oxygens (including phenoxy) is 1. The van der Waals surface area contributed by atoms with Gasteiger partial charge in [-0.2, -0.15) is 5.10 Å². The SMILES string of the molecule is CCCc1[nH]nc(C(=O)NC(C)(C)COC)c1N. The number of hydrogen-bond donors (Lipinski definition) is 3. The number of H-pyrrole nitrogens is 1. The lowest BCUT2D eigenvalue weighted by molar-refractivity contribution is 0.0816. The zero-order valence-corrected chi connectivity index (χ0v) is 11.5. The van der Waals surface area contributed by atoms with Gasteiger partial charge in [-0.1, -0.05) is 13.3 Å². The molecule has 0 aromatic carbocycles. The maximum absolute atomic E-state index is 12.0. The number of aromatic nitrogens is 2. The number of nitrogens with two attached hydrogens (primary N) is 1. The van der Waals surface area contributed by atoms with Crippen molar-refractivity contribution < 1.29 is 9.53 Å². The molecule has 0 aliphatic heterocycles. The van der Waals surface area contributed by atoms with Crippen LogP contribution < -0.4 is 11.1 Å². The Morgan fingerprint density at radius 1 is 1.56 bits per heavy atom. The minimum atomic E-state index is -0.456. The summed E-state index contributed by atoms with van der Waals surface area (Å²) in [7, 11) is 1.59. The van der Waals surface area contributed by atoms with Crippen LogP contribution in [-0.4, -0.2) is 35.4 Å². The highest BCUT2D eigenvalue weighted by Crippen LogP contribution is 2.16. The molecule has 0 bridgehead atoms. The summed E-state index contributed by atoms with van der Waals surface area (Å²) in [5, 5.41) is 9.63. The smallest absolute Gasteiger partial charge is 0.274 e. The summed E-state index contributed by atoms with van der Waals surface area (Å²) in [4.78, 5) is 12.0. The Morgan fingerprint density at radius 2 is 2.22 bits per heavy atom. The molecule has 0 aliphatic rings. The van der Waals surface area contributed by atoms with E-state index in [2.05, 4.69) is 15.5 Å². The number of aryl methyl sites for hydroxylation is 1. The summed E-state index contributed by atoms with van der Waals surface area (Å²) >= 11 is 0. The molecule has 6 heteroatoms. The van der Waals surface area contributed by atoms with Crippen LogP contribution in [0.25, 0.3) is 0 Å². The number of nitrogens with one attached hydrogen (secondary N) is 2. The van der Waals surface area contributed by atoms with Gasteiger partial charge in [-0.05, 0) is 20.3 Å². The number of aromatic amines is 1. The molecule has 18 heavy (non-hydrogen) atoms. The zero-order chi connectivity index (χ0) is 13.8. The van der Waals surface area contributed by atoms with E-state index in [-0.39, 0.29) is 11.6 Å². The van der Waals surface area contributed by atoms with Gasteiger partial charge in [0.15, 0.2) is 5.69 Å². The van der Waals surface area contributed by atoms with Gasteiger partial charge >= 0.3 is 0 Å². The number of hydrogen-bond acceptors (Lipinski definition) is 4. The van der Waals surface area contributed by atoms with Crippen molar-refractivity contribution in [2.45, 2.75) is 39.2 Å². The van der Waals surface area contributed by atoms with Crippen LogP contribution in [-0.2, 0) is 11.2 Å². The van der Waals surface area contributed by atoms with Gasteiger partial charge in [0, 0.05) is 7.11 Å². The molecular weight excluding hydrogens is 232 g/mol. The van der Waals surface area contributed by atoms with E-state index in [4.69, 9.17) is 10.5 Å². The second-order valence-electron chi connectivity index (χ2n) is 4.99. The first-order valence-corrected chi connectivity index (χ1v) is 6.05. The van der Waals surface area contributed by atoms with Gasteiger partial charge in [0.1, 0.15) is 0 Å². The number of nitrogen functional groups attached to an aromatic ring is 1. The molecule has 0 radical (unpaired) electrons. The summed E-state index contributed by atoms with van der Waals surface area (Å²) in [5.74, 6) is -0.284. The quantitative estimate of drug-likeness (QED) is 0.708. The Bertz CT molecular complexity index is 412. The van der Waals surface area contributed by atoms with Gasteiger partial charge in [0.25, 0.3) is 5.91 Å². The minimum absolute atomic E-state index is 0.252. The Hall–Kier alpha value is -1.56. The largest absolute Gasteiger partial charge is 0.395 e. The number of rotatable bonds is 6. The van der Waals surface area contributed by atoms with E-state index >= 15 is 0 Å². The Morgan fingerprint density at radius 3 is 2.78 bits per heavy atom. The summed E-state index contributed by atoms with van der Waals surface area (Å²) in [5.41, 5.74) is 6.94. The van der Waals surface area contributed by atoms with E-state index in [0.29, 0.717) is 12.3 Å². The highest BCUT2D eigenvalue weighted by Gasteiger charge is 2.24. The molecule has 0 aliphatic carbocycles. The average Bonchev–Trinajstić information content (AvgIpc) is 2.60. The van der Waals surface area contributed by atoms with E-state index in [0.717, 1.165) is 18.5 Å². The minimum Gasteiger partial charge on any atom is -0.395 e. The van der Waals surface area contributed by atoms with Crippen LogP contribution in [0.1, 0.15) is 43.4 Å². The van der Waals surface area contributed by atoms with Crippen molar-refractivity contribution in [1.82, 2.24) is 15.5 Å². The highest BCUT2D eigenvalue weighted by atomic mass is 16.5. The van der Waals surface area contributed by atoms with Crippen molar-refractivity contribution >= 4 is 11.6 Å². The van der Waals surface area contributed by atoms with Crippen molar-refractivity contribution in [2.24, 2.45) is 0 Å². The summed E-state index contributed by atoms with van der Waals surface area (Å²) in [6, 6.07) is 0. The molecular formula is C12H22N4O2. The number of methoxy groups -OCH3 is 1. The van der Waals surface area contributed by atoms with Gasteiger partial charge in [-0.25, -0.2) is 0 Å². The lowest BCUT2D eigenvalue weighted by Gasteiger charge is -2.24. The first-order chi connectivity index (χ1) is 8.41. The fourth-order valence-electron chi connectivity index (χ4n) is 1.76. The maximum atomic E-state index is 12.0. The predicted octanol–water partition coefficient (Wildman–Crippen LogP) is 1.10. The van der Waals surface area contributed by atoms with Gasteiger partial charge in [-0.15, -0.1) is 0 Å². The molecule has 0 saturated carbocycles. The summed E-state index contributed by atoms with van der Waals surface area (Å²) < 4.78 is 5.04. The first-order valence-electron chi connectivity index (χ1n) is 6.05. The third-order valence-corrected chi connectivity index (χ3v) is 2.56. The van der Waals surface area contributed by atoms with E-state index < -0.39 is 5.54 Å². The average molecular weight is 254 g/mol. The van der Waals surface area contributed by atoms with Crippen LogP contribution in [0.2, 0.25) is 0 Å². The van der Waals surface area contributed by atoms with Crippen molar-refractivity contribution in [3.05, 3.63) is 11.4 Å². The standard InChI is InChI=1S/C12H22N4O2/c1-5-6-8-9(13)10(16-15-8)11(17)14-12(2,3)7-18-4/h5-7,13H2,1-4H3,(H,14,17)(H,15,16). The first kappa shape index (κ1) is 14.5. The van der Waals surface area contributed by atoms with E-state index in [9.17, 15) is 4.79 Å². The molecule has 0 fully saturated rings. The predicted molar refractivity (Wildman–Crippen MR) is 70.4 cm³/mol. The molecule has 1 heterocycles. The Balaban J connectivity index is 2.79. The van der Waals surface area contributed by atoms with Crippen LogP contribution >= 0.6 is 0 Å². The molecule has 6 nitrogen and oxygen atoms in total. The van der Waals surface area contributed by atoms with Crippen LogP contribution in [0.15, 0.2) is 0 Å². The number of amides is 1. The third-order valence-electron chi connectivity index (χ3n) is 2.56. The lowest BCUT2D eigenvalue weighted by atomic mass is 10.1. The Labute approximate surface area is 107 Å². The van der Waals surface area contributed by atoms with E-state index in [1.165, 1.54) is 0 Å². The van der Waals surface area contributed by atoms with Crippen LogP contribution in [0.4, 0.5) is 5.69 Å². The lowest BCUT2D eigenvalue weighted by Crippen LogP contribution is -2.47. The van der Waals surface area contributed by atoms with Crippen molar-refractivity contribution in [3.63, 3.8) is 0 Å². The molecule has 0 saturated heterocycles.